The third-order valence-corrected chi connectivity index (χ3v) is 11.7. The Morgan fingerprint density at radius 3 is 2.21 bits per heavy atom. The minimum Gasteiger partial charge on any atom is -0.391 e. The minimum absolute atomic E-state index is 0.00499. The van der Waals surface area contributed by atoms with Gasteiger partial charge in [0.05, 0.1) is 34.8 Å². The normalized spacial score (nSPS) is 31.5. The molecule has 4 aliphatic rings. The van der Waals surface area contributed by atoms with Gasteiger partial charge in [0, 0.05) is 44.1 Å². The maximum absolute atomic E-state index is 10.4. The molecule has 1 saturated carbocycles. The molecule has 10 heteroatoms. The Morgan fingerprint density at radius 1 is 0.896 bits per heavy atom. The summed E-state index contributed by atoms with van der Waals surface area (Å²) in [5.41, 5.74) is 0. The lowest BCUT2D eigenvalue weighted by atomic mass is 9.89. The number of aliphatic hydroxyl groups is 1. The molecule has 9 atom stereocenters. The van der Waals surface area contributed by atoms with Crippen molar-refractivity contribution >= 4 is 27.3 Å². The molecule has 1 N–H and O–H groups in total. The molecule has 272 valence electrons. The van der Waals surface area contributed by atoms with E-state index in [9.17, 15) is 5.11 Å². The SMILES string of the molecule is CO[C@H](/C=C/[C@@H]1[C@@H](C/C=C\CCCC(O)COC2CCCCO2)[C@@H](OC2CCCCO2)C[C@H]1OC1CCCCO1)CCc1ccc(Br)s1. The van der Waals surface area contributed by atoms with Crippen molar-refractivity contribution in [2.45, 2.75) is 146 Å². The molecule has 0 bridgehead atoms. The molecule has 4 heterocycles. The summed E-state index contributed by atoms with van der Waals surface area (Å²) in [6.45, 7) is 2.62. The van der Waals surface area contributed by atoms with Gasteiger partial charge in [0.25, 0.3) is 0 Å². The maximum Gasteiger partial charge on any atom is 0.157 e. The van der Waals surface area contributed by atoms with Crippen molar-refractivity contribution in [1.29, 1.82) is 0 Å². The van der Waals surface area contributed by atoms with Crippen LogP contribution in [0.2, 0.25) is 0 Å². The van der Waals surface area contributed by atoms with Crippen molar-refractivity contribution in [3.05, 3.63) is 45.1 Å². The van der Waals surface area contributed by atoms with E-state index in [0.717, 1.165) is 126 Å². The maximum atomic E-state index is 10.4. The number of halogens is 1. The van der Waals surface area contributed by atoms with Crippen LogP contribution in [0.4, 0.5) is 0 Å². The van der Waals surface area contributed by atoms with Crippen LogP contribution in [0.5, 0.6) is 0 Å². The first-order chi connectivity index (χ1) is 23.6. The second-order valence-corrected chi connectivity index (χ2v) is 16.3. The number of thiophene rings is 1. The first-order valence-electron chi connectivity index (χ1n) is 18.6. The van der Waals surface area contributed by atoms with Gasteiger partial charge in [0.15, 0.2) is 18.9 Å². The second-order valence-electron chi connectivity index (χ2n) is 13.7. The zero-order chi connectivity index (χ0) is 33.4. The van der Waals surface area contributed by atoms with Crippen molar-refractivity contribution in [2.75, 3.05) is 33.5 Å². The van der Waals surface area contributed by atoms with E-state index >= 15 is 0 Å². The average molecular weight is 756 g/mol. The van der Waals surface area contributed by atoms with Crippen molar-refractivity contribution in [2.24, 2.45) is 11.8 Å². The molecule has 0 aromatic carbocycles. The van der Waals surface area contributed by atoms with Crippen LogP contribution in [-0.2, 0) is 39.6 Å². The molecule has 48 heavy (non-hydrogen) atoms. The van der Waals surface area contributed by atoms with Gasteiger partial charge in [-0.05, 0) is 130 Å². The van der Waals surface area contributed by atoms with Gasteiger partial charge in [0.1, 0.15) is 0 Å². The lowest BCUT2D eigenvalue weighted by Gasteiger charge is -2.30. The lowest BCUT2D eigenvalue weighted by molar-refractivity contribution is -0.203. The average Bonchev–Trinajstić information content (AvgIpc) is 3.68. The van der Waals surface area contributed by atoms with E-state index in [-0.39, 0.29) is 49.0 Å². The molecule has 4 fully saturated rings. The highest BCUT2D eigenvalue weighted by molar-refractivity contribution is 9.11. The minimum atomic E-state index is -0.462. The van der Waals surface area contributed by atoms with Crippen molar-refractivity contribution in [1.82, 2.24) is 0 Å². The summed E-state index contributed by atoms with van der Waals surface area (Å²) < 4.78 is 44.1. The molecule has 0 amide bonds. The third-order valence-electron chi connectivity index (χ3n) is 10.0. The number of hydrogen-bond acceptors (Lipinski definition) is 9. The molecular formula is C38H59BrO8S. The molecule has 3 aliphatic heterocycles. The number of hydrogen-bond donors (Lipinski definition) is 1. The number of rotatable bonds is 19. The van der Waals surface area contributed by atoms with Gasteiger partial charge in [-0.15, -0.1) is 11.3 Å². The summed E-state index contributed by atoms with van der Waals surface area (Å²) >= 11 is 5.38. The lowest BCUT2D eigenvalue weighted by Crippen LogP contribution is -2.31. The van der Waals surface area contributed by atoms with Crippen LogP contribution in [0.25, 0.3) is 0 Å². The van der Waals surface area contributed by atoms with Crippen LogP contribution >= 0.6 is 27.3 Å². The van der Waals surface area contributed by atoms with Crippen LogP contribution in [0.15, 0.2) is 40.2 Å². The van der Waals surface area contributed by atoms with E-state index in [1.165, 1.54) is 4.88 Å². The summed E-state index contributed by atoms with van der Waals surface area (Å²) in [6.07, 6.45) is 24.0. The number of allylic oxidation sites excluding steroid dienone is 2. The van der Waals surface area contributed by atoms with E-state index < -0.39 is 6.10 Å². The highest BCUT2D eigenvalue weighted by Gasteiger charge is 2.45. The molecule has 1 aromatic rings. The Labute approximate surface area is 301 Å². The van der Waals surface area contributed by atoms with Gasteiger partial charge in [0.2, 0.25) is 0 Å². The van der Waals surface area contributed by atoms with E-state index in [2.05, 4.69) is 52.4 Å². The van der Waals surface area contributed by atoms with Gasteiger partial charge >= 0.3 is 0 Å². The van der Waals surface area contributed by atoms with Gasteiger partial charge in [-0.2, -0.15) is 0 Å². The smallest absolute Gasteiger partial charge is 0.157 e. The summed E-state index contributed by atoms with van der Waals surface area (Å²) in [6, 6.07) is 4.30. The Bertz CT molecular complexity index is 1060. The number of ether oxygens (including phenoxy) is 7. The first-order valence-corrected chi connectivity index (χ1v) is 20.2. The monoisotopic (exact) mass is 754 g/mol. The quantitative estimate of drug-likeness (QED) is 0.111. The second kappa shape index (κ2) is 21.6. The fourth-order valence-electron chi connectivity index (χ4n) is 7.29. The molecule has 1 aromatic heterocycles. The molecule has 0 radical (unpaired) electrons. The van der Waals surface area contributed by atoms with Gasteiger partial charge in [-0.25, -0.2) is 0 Å². The molecule has 0 spiro atoms. The molecule has 4 unspecified atom stereocenters. The van der Waals surface area contributed by atoms with Crippen LogP contribution in [0.3, 0.4) is 0 Å². The topological polar surface area (TPSA) is 84.8 Å². The summed E-state index contributed by atoms with van der Waals surface area (Å²) in [7, 11) is 1.80. The summed E-state index contributed by atoms with van der Waals surface area (Å²) in [5.74, 6) is 0.417. The van der Waals surface area contributed by atoms with Crippen molar-refractivity contribution in [3.8, 4) is 0 Å². The highest BCUT2D eigenvalue weighted by Crippen LogP contribution is 2.42. The molecule has 3 saturated heterocycles. The van der Waals surface area contributed by atoms with Gasteiger partial charge in [-0.1, -0.05) is 24.3 Å². The Hall–Kier alpha value is -0.660. The fraction of sp³-hybridized carbons (Fsp3) is 0.789. The van der Waals surface area contributed by atoms with Crippen LogP contribution in [0.1, 0.15) is 101 Å². The van der Waals surface area contributed by atoms with E-state index in [0.29, 0.717) is 6.61 Å². The van der Waals surface area contributed by atoms with Crippen molar-refractivity contribution in [3.63, 3.8) is 0 Å². The van der Waals surface area contributed by atoms with Crippen molar-refractivity contribution < 1.29 is 38.3 Å². The molecule has 1 aliphatic carbocycles. The number of aryl methyl sites for hydroxylation is 1. The predicted octanol–water partition coefficient (Wildman–Crippen LogP) is 8.49. The zero-order valence-corrected chi connectivity index (χ0v) is 31.3. The fourth-order valence-corrected chi connectivity index (χ4v) is 8.79. The number of aliphatic hydroxyl groups excluding tert-OH is 1. The molecule has 8 nitrogen and oxygen atoms in total. The summed E-state index contributed by atoms with van der Waals surface area (Å²) in [5, 5.41) is 10.4. The van der Waals surface area contributed by atoms with Gasteiger partial charge < -0.3 is 38.3 Å². The van der Waals surface area contributed by atoms with Crippen LogP contribution in [-0.4, -0.2) is 81.9 Å². The van der Waals surface area contributed by atoms with Crippen LogP contribution in [0, 0.1) is 11.8 Å². The Morgan fingerprint density at radius 2 is 1.58 bits per heavy atom. The van der Waals surface area contributed by atoms with Crippen LogP contribution < -0.4 is 0 Å². The number of methoxy groups -OCH3 is 1. The largest absolute Gasteiger partial charge is 0.391 e. The third kappa shape index (κ3) is 13.1. The summed E-state index contributed by atoms with van der Waals surface area (Å²) in [4.78, 5) is 1.36. The predicted molar refractivity (Wildman–Crippen MR) is 192 cm³/mol. The zero-order valence-electron chi connectivity index (χ0n) is 28.9. The van der Waals surface area contributed by atoms with E-state index in [1.807, 2.05) is 0 Å². The molecular weight excluding hydrogens is 696 g/mol. The number of unbranched alkanes of at least 4 members (excludes halogenated alkanes) is 1. The molecule has 5 rings (SSSR count). The first kappa shape index (κ1) is 38.6. The highest BCUT2D eigenvalue weighted by atomic mass is 79.9. The van der Waals surface area contributed by atoms with E-state index in [1.54, 1.807) is 18.4 Å². The van der Waals surface area contributed by atoms with Gasteiger partial charge in [-0.3, -0.25) is 0 Å². The van der Waals surface area contributed by atoms with E-state index in [4.69, 9.17) is 33.2 Å². The Kier molecular flexibility index (Phi) is 17.4. The Balaban J connectivity index is 1.20. The standard InChI is InChI=1S/C38H59BrO8S/c1-41-29(17-19-30-20-22-35(39)48-30)18-21-32-31(13-5-3-2-4-12-28(40)27-45-36-14-6-9-23-42-36)33(46-37-15-7-10-24-43-37)26-34(32)47-38-16-8-11-25-44-38/h3,5,18,20-22,28-29,31-34,36-38,40H,2,4,6-17,19,23-27H2,1H3/b5-3-,21-18+/t28?,29-,31+,32+,33-,34+,36?,37?,38?/m0/s1.